The molecule has 7 rings (SSSR count). The Morgan fingerprint density at radius 2 is 1.41 bits per heavy atom. The van der Waals surface area contributed by atoms with E-state index in [2.05, 4.69) is 0 Å². The van der Waals surface area contributed by atoms with E-state index in [1.54, 1.807) is 36.4 Å². The lowest BCUT2D eigenvalue weighted by atomic mass is 9.64. The lowest BCUT2D eigenvalue weighted by molar-refractivity contribution is 0.0666. The Labute approximate surface area is 231 Å². The molecule has 4 aromatic carbocycles. The molecular formula is C34H24ClNO3. The fourth-order valence-electron chi connectivity index (χ4n) is 6.85. The number of carbonyl (C=O) groups excluding carboxylic acids is 3. The Bertz CT molecular complexity index is 1670. The summed E-state index contributed by atoms with van der Waals surface area (Å²) < 4.78 is 0. The van der Waals surface area contributed by atoms with Gasteiger partial charge < -0.3 is 4.90 Å². The minimum atomic E-state index is -1.51. The number of carbonyl (C=O) groups is 3. The molecule has 2 aliphatic heterocycles. The summed E-state index contributed by atoms with van der Waals surface area (Å²) >= 11 is 6.28. The number of halogens is 1. The second-order valence-electron chi connectivity index (χ2n) is 10.5. The monoisotopic (exact) mass is 529 g/mol. The second kappa shape index (κ2) is 8.62. The first-order valence-electron chi connectivity index (χ1n) is 13.0. The fourth-order valence-corrected chi connectivity index (χ4v) is 6.98. The molecule has 3 aliphatic rings. The van der Waals surface area contributed by atoms with E-state index in [0.29, 0.717) is 21.7 Å². The van der Waals surface area contributed by atoms with Crippen LogP contribution < -0.4 is 4.90 Å². The maximum atomic E-state index is 14.6. The molecule has 0 radical (unpaired) electrons. The summed E-state index contributed by atoms with van der Waals surface area (Å²) in [5, 5.41) is 0.544. The summed E-state index contributed by atoms with van der Waals surface area (Å²) in [6, 6.07) is 28.1. The largest absolute Gasteiger partial charge is 0.352 e. The molecule has 0 N–H and O–H groups in total. The molecule has 1 aliphatic carbocycles. The zero-order valence-corrected chi connectivity index (χ0v) is 21.9. The van der Waals surface area contributed by atoms with E-state index in [1.807, 2.05) is 84.6 Å². The van der Waals surface area contributed by atoms with Crippen molar-refractivity contribution in [1.29, 1.82) is 0 Å². The van der Waals surface area contributed by atoms with Crippen molar-refractivity contribution in [3.05, 3.63) is 142 Å². The third-order valence-electron chi connectivity index (χ3n) is 8.55. The first kappa shape index (κ1) is 23.8. The highest BCUT2D eigenvalue weighted by Gasteiger charge is 2.71. The lowest BCUT2D eigenvalue weighted by Gasteiger charge is -2.37. The van der Waals surface area contributed by atoms with E-state index < -0.39 is 23.4 Å². The number of para-hydroxylation sites is 1. The van der Waals surface area contributed by atoms with Gasteiger partial charge in [-0.15, -0.1) is 0 Å². The predicted molar refractivity (Wildman–Crippen MR) is 153 cm³/mol. The van der Waals surface area contributed by atoms with Gasteiger partial charge in [-0.2, -0.15) is 0 Å². The average molecular weight is 530 g/mol. The summed E-state index contributed by atoms with van der Waals surface area (Å²) in [5.74, 6) is -1.34. The molecule has 4 aromatic rings. The van der Waals surface area contributed by atoms with Crippen LogP contribution in [0.2, 0.25) is 5.02 Å². The van der Waals surface area contributed by atoms with Crippen molar-refractivity contribution < 1.29 is 14.4 Å². The van der Waals surface area contributed by atoms with Gasteiger partial charge in [-0.1, -0.05) is 108 Å². The van der Waals surface area contributed by atoms with Crippen molar-refractivity contribution in [2.75, 3.05) is 4.90 Å². The molecule has 39 heavy (non-hydrogen) atoms. The first-order chi connectivity index (χ1) is 18.9. The van der Waals surface area contributed by atoms with Crippen molar-refractivity contribution >= 4 is 40.7 Å². The summed E-state index contributed by atoms with van der Waals surface area (Å²) in [4.78, 5) is 45.8. The molecule has 1 spiro atoms. The van der Waals surface area contributed by atoms with E-state index in [9.17, 15) is 14.4 Å². The van der Waals surface area contributed by atoms with Gasteiger partial charge in [0.1, 0.15) is 11.5 Å². The number of hydrogen-bond donors (Lipinski definition) is 0. The molecule has 190 valence electrons. The number of fused-ring (bicyclic) bond motifs is 5. The van der Waals surface area contributed by atoms with Crippen LogP contribution in [0.15, 0.2) is 103 Å². The summed E-state index contributed by atoms with van der Waals surface area (Å²) in [6.45, 7) is 1.98. The highest BCUT2D eigenvalue weighted by Crippen LogP contribution is 2.61. The summed E-state index contributed by atoms with van der Waals surface area (Å²) in [5.41, 5.74) is 3.42. The molecule has 0 amide bonds. The normalized spacial score (nSPS) is 22.1. The van der Waals surface area contributed by atoms with Crippen LogP contribution in [0.3, 0.4) is 0 Å². The Balaban J connectivity index is 1.54. The molecule has 0 aromatic heterocycles. The molecular weight excluding hydrogens is 506 g/mol. The smallest absolute Gasteiger partial charge is 0.185 e. The van der Waals surface area contributed by atoms with Gasteiger partial charge in [0.15, 0.2) is 17.3 Å². The van der Waals surface area contributed by atoms with Crippen molar-refractivity contribution in [3.63, 3.8) is 0 Å². The van der Waals surface area contributed by atoms with E-state index in [0.717, 1.165) is 22.4 Å². The number of anilines is 1. The number of hydrogen-bond acceptors (Lipinski definition) is 4. The van der Waals surface area contributed by atoms with Crippen LogP contribution in [-0.4, -0.2) is 29.4 Å². The SMILES string of the molecule is Cc1ccc(C(=O)[C@H]2[C@H](c3ccc(Cl)cc3)C3(C(=O)c4ccccc4C3=O)[C@H]3C=Cc4ccccc4N23)cc1. The zero-order valence-electron chi connectivity index (χ0n) is 21.2. The highest BCUT2D eigenvalue weighted by atomic mass is 35.5. The number of rotatable bonds is 3. The van der Waals surface area contributed by atoms with E-state index in [1.165, 1.54) is 0 Å². The Hall–Kier alpha value is -4.28. The van der Waals surface area contributed by atoms with Crippen molar-refractivity contribution in [2.24, 2.45) is 5.41 Å². The maximum Gasteiger partial charge on any atom is 0.185 e. The van der Waals surface area contributed by atoms with Crippen molar-refractivity contribution in [3.8, 4) is 0 Å². The number of benzene rings is 4. The quantitative estimate of drug-likeness (QED) is 0.212. The van der Waals surface area contributed by atoms with Gasteiger partial charge in [0.05, 0.1) is 6.04 Å². The first-order valence-corrected chi connectivity index (χ1v) is 13.4. The van der Waals surface area contributed by atoms with Crippen molar-refractivity contribution in [2.45, 2.75) is 24.9 Å². The second-order valence-corrected chi connectivity index (χ2v) is 11.0. The number of ketones is 3. The third-order valence-corrected chi connectivity index (χ3v) is 8.80. The van der Waals surface area contributed by atoms with Gasteiger partial charge >= 0.3 is 0 Å². The average Bonchev–Trinajstić information content (AvgIpc) is 3.40. The van der Waals surface area contributed by atoms with Gasteiger partial charge in [-0.3, -0.25) is 14.4 Å². The number of aryl methyl sites for hydroxylation is 1. The topological polar surface area (TPSA) is 54.5 Å². The van der Waals surface area contributed by atoms with Crippen LogP contribution in [0.1, 0.15) is 53.7 Å². The molecule has 0 saturated carbocycles. The molecule has 0 unspecified atom stereocenters. The minimum absolute atomic E-state index is 0.126. The van der Waals surface area contributed by atoms with Crippen molar-refractivity contribution in [1.82, 2.24) is 0 Å². The van der Waals surface area contributed by atoms with Crippen LogP contribution in [-0.2, 0) is 0 Å². The summed E-state index contributed by atoms with van der Waals surface area (Å²) in [7, 11) is 0. The van der Waals surface area contributed by atoms with E-state index >= 15 is 0 Å². The Kier molecular flexibility index (Phi) is 5.26. The molecule has 4 nitrogen and oxygen atoms in total. The van der Waals surface area contributed by atoms with Gasteiger partial charge in [0.2, 0.25) is 0 Å². The predicted octanol–water partition coefficient (Wildman–Crippen LogP) is 6.96. The van der Waals surface area contributed by atoms with Crippen LogP contribution in [0.4, 0.5) is 5.69 Å². The van der Waals surface area contributed by atoms with Gasteiger partial charge in [-0.05, 0) is 36.2 Å². The van der Waals surface area contributed by atoms with Gasteiger partial charge in [0.25, 0.3) is 0 Å². The molecule has 3 atom stereocenters. The van der Waals surface area contributed by atoms with Crippen LogP contribution in [0.25, 0.3) is 6.08 Å². The Morgan fingerprint density at radius 1 is 0.795 bits per heavy atom. The summed E-state index contributed by atoms with van der Waals surface area (Å²) in [6.07, 6.45) is 3.91. The fraction of sp³-hybridized carbons (Fsp3) is 0.147. The van der Waals surface area contributed by atoms with Gasteiger partial charge in [0, 0.05) is 33.3 Å². The van der Waals surface area contributed by atoms with Gasteiger partial charge in [-0.25, -0.2) is 0 Å². The maximum absolute atomic E-state index is 14.6. The Morgan fingerprint density at radius 3 is 2.08 bits per heavy atom. The molecule has 1 saturated heterocycles. The van der Waals surface area contributed by atoms with E-state index in [-0.39, 0.29) is 17.3 Å². The number of nitrogens with zero attached hydrogens (tertiary/aromatic N) is 1. The van der Waals surface area contributed by atoms with Crippen LogP contribution >= 0.6 is 11.6 Å². The number of Topliss-reactive ketones (excluding diaryl/α,β-unsaturated/α-hetero) is 3. The molecule has 0 bridgehead atoms. The van der Waals surface area contributed by atoms with Crippen LogP contribution in [0.5, 0.6) is 0 Å². The molecule has 1 fully saturated rings. The standard InChI is InChI=1S/C34H24ClNO3/c1-20-10-12-23(13-11-20)31(37)30-29(22-14-17-24(35)18-15-22)34(32(38)25-7-3-4-8-26(25)33(34)39)28-19-16-21-6-2-5-9-27(21)36(28)30/h2-19,28-30H,1H3/t28-,29+,30-/m1/s1. The zero-order chi connectivity index (χ0) is 26.9. The highest BCUT2D eigenvalue weighted by molar-refractivity contribution is 6.32. The van der Waals surface area contributed by atoms with Crippen LogP contribution in [0, 0.1) is 12.3 Å². The lowest BCUT2D eigenvalue weighted by Crippen LogP contribution is -2.48. The molecule has 2 heterocycles. The third kappa shape index (κ3) is 3.22. The van der Waals surface area contributed by atoms with E-state index in [4.69, 9.17) is 11.6 Å². The molecule has 5 heteroatoms. The minimum Gasteiger partial charge on any atom is -0.352 e.